The highest BCUT2D eigenvalue weighted by molar-refractivity contribution is 7.11. The van der Waals surface area contributed by atoms with Gasteiger partial charge in [-0.25, -0.2) is 4.79 Å². The lowest BCUT2D eigenvalue weighted by Crippen LogP contribution is -2.37. The standard InChI is InChI=1S/C13H12Cl2N2O4S/c1-2-8(12(18)16-6-7-4-3-5-20-7)21-13(19)10-9(14)11(15)22-17-10/h3-5,8H,2,6H2,1H3,(H,16,18)/t8-/m1/s1. The number of hydrogen-bond acceptors (Lipinski definition) is 6. The van der Waals surface area contributed by atoms with Gasteiger partial charge in [-0.1, -0.05) is 30.1 Å². The summed E-state index contributed by atoms with van der Waals surface area (Å²) in [5.41, 5.74) is -0.0889. The van der Waals surface area contributed by atoms with Crippen molar-refractivity contribution >= 4 is 46.6 Å². The second kappa shape index (κ2) is 7.62. The number of ether oxygens (including phenoxy) is 1. The predicted molar refractivity (Wildman–Crippen MR) is 82.2 cm³/mol. The van der Waals surface area contributed by atoms with Gasteiger partial charge >= 0.3 is 5.97 Å². The molecule has 6 nitrogen and oxygen atoms in total. The van der Waals surface area contributed by atoms with Crippen LogP contribution >= 0.6 is 34.7 Å². The Hall–Kier alpha value is -1.57. The summed E-state index contributed by atoms with van der Waals surface area (Å²) in [5, 5.41) is 2.66. The normalized spacial score (nSPS) is 12.0. The Bertz CT molecular complexity index is 657. The number of furan rings is 1. The molecule has 0 saturated heterocycles. The molecule has 0 spiro atoms. The molecule has 22 heavy (non-hydrogen) atoms. The maximum atomic E-state index is 12.0. The molecule has 2 heterocycles. The van der Waals surface area contributed by atoms with Gasteiger partial charge in [0.2, 0.25) is 0 Å². The summed E-state index contributed by atoms with van der Waals surface area (Å²) in [6.45, 7) is 1.93. The van der Waals surface area contributed by atoms with Crippen molar-refractivity contribution in [1.29, 1.82) is 0 Å². The number of amides is 1. The topological polar surface area (TPSA) is 81.4 Å². The third kappa shape index (κ3) is 4.00. The largest absolute Gasteiger partial charge is 0.467 e. The van der Waals surface area contributed by atoms with E-state index in [9.17, 15) is 9.59 Å². The third-order valence-electron chi connectivity index (χ3n) is 2.72. The highest BCUT2D eigenvalue weighted by Gasteiger charge is 2.25. The minimum Gasteiger partial charge on any atom is -0.467 e. The van der Waals surface area contributed by atoms with Crippen LogP contribution in [0.25, 0.3) is 0 Å². The van der Waals surface area contributed by atoms with Crippen molar-refractivity contribution in [3.8, 4) is 0 Å². The summed E-state index contributed by atoms with van der Waals surface area (Å²) >= 11 is 12.5. The maximum Gasteiger partial charge on any atom is 0.360 e. The van der Waals surface area contributed by atoms with E-state index < -0.39 is 18.0 Å². The first kappa shape index (κ1) is 16.8. The number of hydrogen-bond donors (Lipinski definition) is 1. The summed E-state index contributed by atoms with van der Waals surface area (Å²) in [6, 6.07) is 3.44. The first-order chi connectivity index (χ1) is 10.5. The summed E-state index contributed by atoms with van der Waals surface area (Å²) in [7, 11) is 0. The molecular weight excluding hydrogens is 351 g/mol. The van der Waals surface area contributed by atoms with Gasteiger partial charge in [0.05, 0.1) is 12.8 Å². The van der Waals surface area contributed by atoms with E-state index in [1.54, 1.807) is 19.1 Å². The van der Waals surface area contributed by atoms with E-state index in [-0.39, 0.29) is 21.6 Å². The molecule has 1 N–H and O–H groups in total. The lowest BCUT2D eigenvalue weighted by atomic mass is 10.2. The van der Waals surface area contributed by atoms with Crippen LogP contribution in [0.4, 0.5) is 0 Å². The lowest BCUT2D eigenvalue weighted by molar-refractivity contribution is -0.130. The van der Waals surface area contributed by atoms with Gasteiger partial charge in [0.25, 0.3) is 5.91 Å². The van der Waals surface area contributed by atoms with E-state index in [1.807, 2.05) is 0 Å². The number of aromatic nitrogens is 1. The van der Waals surface area contributed by atoms with Gasteiger partial charge in [-0.2, -0.15) is 4.37 Å². The Morgan fingerprint density at radius 3 is 2.82 bits per heavy atom. The molecule has 0 aliphatic carbocycles. The molecule has 0 aliphatic rings. The van der Waals surface area contributed by atoms with Crippen LogP contribution in [0.15, 0.2) is 22.8 Å². The first-order valence-corrected chi connectivity index (χ1v) is 7.87. The molecule has 2 rings (SSSR count). The minimum atomic E-state index is -0.945. The molecule has 118 valence electrons. The third-order valence-corrected chi connectivity index (χ3v) is 4.33. The molecule has 1 atom stereocenters. The molecular formula is C13H12Cl2N2O4S. The van der Waals surface area contributed by atoms with Gasteiger partial charge in [-0.3, -0.25) is 4.79 Å². The van der Waals surface area contributed by atoms with E-state index in [4.69, 9.17) is 32.4 Å². The van der Waals surface area contributed by atoms with Gasteiger partial charge in [0.15, 0.2) is 11.8 Å². The molecule has 2 aromatic heterocycles. The van der Waals surface area contributed by atoms with Crippen LogP contribution in [0.3, 0.4) is 0 Å². The molecule has 2 aromatic rings. The number of esters is 1. The Morgan fingerprint density at radius 1 is 1.50 bits per heavy atom. The van der Waals surface area contributed by atoms with Crippen molar-refractivity contribution in [2.24, 2.45) is 0 Å². The highest BCUT2D eigenvalue weighted by atomic mass is 35.5. The number of carbonyl (C=O) groups excluding carboxylic acids is 2. The van der Waals surface area contributed by atoms with Crippen LogP contribution in [-0.4, -0.2) is 22.4 Å². The van der Waals surface area contributed by atoms with E-state index >= 15 is 0 Å². The van der Waals surface area contributed by atoms with Crippen LogP contribution in [0.2, 0.25) is 9.36 Å². The van der Waals surface area contributed by atoms with Gasteiger partial charge in [-0.15, -0.1) is 0 Å². The average Bonchev–Trinajstić information content (AvgIpc) is 3.13. The van der Waals surface area contributed by atoms with Gasteiger partial charge < -0.3 is 14.5 Å². The van der Waals surface area contributed by atoms with Crippen LogP contribution in [0, 0.1) is 0 Å². The molecule has 0 aromatic carbocycles. The smallest absolute Gasteiger partial charge is 0.360 e. The Balaban J connectivity index is 1.94. The summed E-state index contributed by atoms with van der Waals surface area (Å²) in [4.78, 5) is 24.0. The zero-order chi connectivity index (χ0) is 16.1. The fourth-order valence-corrected chi connectivity index (χ4v) is 2.57. The molecule has 0 unspecified atom stereocenters. The van der Waals surface area contributed by atoms with Crippen molar-refractivity contribution in [3.05, 3.63) is 39.2 Å². The maximum absolute atomic E-state index is 12.0. The zero-order valence-corrected chi connectivity index (χ0v) is 13.8. The first-order valence-electron chi connectivity index (χ1n) is 6.34. The number of rotatable bonds is 6. The lowest BCUT2D eigenvalue weighted by Gasteiger charge is -2.15. The second-order valence-corrected chi connectivity index (χ2v) is 5.97. The van der Waals surface area contributed by atoms with Gasteiger partial charge in [-0.05, 0) is 30.1 Å². The Labute approximate surface area is 140 Å². The van der Waals surface area contributed by atoms with Crippen molar-refractivity contribution in [1.82, 2.24) is 9.69 Å². The summed E-state index contributed by atoms with van der Waals surface area (Å²) in [5.74, 6) is -0.610. The number of carbonyl (C=O) groups is 2. The van der Waals surface area contributed by atoms with Crippen molar-refractivity contribution in [2.45, 2.75) is 26.0 Å². The van der Waals surface area contributed by atoms with Crippen LogP contribution in [0.5, 0.6) is 0 Å². The minimum absolute atomic E-state index is 0.0301. The average molecular weight is 363 g/mol. The van der Waals surface area contributed by atoms with E-state index in [2.05, 4.69) is 9.69 Å². The molecule has 1 amide bonds. The highest BCUT2D eigenvalue weighted by Crippen LogP contribution is 2.30. The second-order valence-electron chi connectivity index (χ2n) is 4.22. The molecule has 0 saturated carbocycles. The Kier molecular flexibility index (Phi) is 5.82. The van der Waals surface area contributed by atoms with E-state index in [1.165, 1.54) is 6.26 Å². The zero-order valence-electron chi connectivity index (χ0n) is 11.5. The molecule has 9 heteroatoms. The van der Waals surface area contributed by atoms with E-state index in [0.29, 0.717) is 12.2 Å². The van der Waals surface area contributed by atoms with E-state index in [0.717, 1.165) is 11.5 Å². The molecule has 0 radical (unpaired) electrons. The molecule has 0 aliphatic heterocycles. The predicted octanol–water partition coefficient (Wildman–Crippen LogP) is 3.29. The summed E-state index contributed by atoms with van der Waals surface area (Å²) in [6.07, 6.45) is 0.872. The molecule has 0 bridgehead atoms. The fraction of sp³-hybridized carbons (Fsp3) is 0.308. The van der Waals surface area contributed by atoms with Crippen LogP contribution in [0.1, 0.15) is 29.6 Å². The Morgan fingerprint density at radius 2 is 2.27 bits per heavy atom. The van der Waals surface area contributed by atoms with Crippen LogP contribution in [-0.2, 0) is 16.1 Å². The fourth-order valence-electron chi connectivity index (χ4n) is 1.59. The van der Waals surface area contributed by atoms with Crippen molar-refractivity contribution < 1.29 is 18.7 Å². The van der Waals surface area contributed by atoms with Gasteiger partial charge in [0, 0.05) is 0 Å². The number of nitrogens with one attached hydrogen (secondary N) is 1. The van der Waals surface area contributed by atoms with Crippen LogP contribution < -0.4 is 5.32 Å². The molecule has 0 fully saturated rings. The van der Waals surface area contributed by atoms with Crippen molar-refractivity contribution in [2.75, 3.05) is 0 Å². The van der Waals surface area contributed by atoms with Crippen molar-refractivity contribution in [3.63, 3.8) is 0 Å². The quantitative estimate of drug-likeness (QED) is 0.797. The number of halogens is 2. The van der Waals surface area contributed by atoms with Gasteiger partial charge in [0.1, 0.15) is 15.1 Å². The SMILES string of the molecule is CC[C@@H](OC(=O)c1nsc(Cl)c1Cl)C(=O)NCc1ccco1. The summed E-state index contributed by atoms with van der Waals surface area (Å²) < 4.78 is 14.2. The monoisotopic (exact) mass is 362 g/mol. The number of nitrogens with zero attached hydrogens (tertiary/aromatic N) is 1.